The van der Waals surface area contributed by atoms with E-state index in [-0.39, 0.29) is 18.4 Å². The Kier molecular flexibility index (Phi) is 4.74. The van der Waals surface area contributed by atoms with Gasteiger partial charge in [0.05, 0.1) is 6.54 Å². The van der Waals surface area contributed by atoms with Crippen LogP contribution in [0, 0.1) is 11.8 Å². The van der Waals surface area contributed by atoms with Gasteiger partial charge >= 0.3 is 11.9 Å². The predicted octanol–water partition coefficient (Wildman–Crippen LogP) is 0.796. The van der Waals surface area contributed by atoms with Gasteiger partial charge < -0.3 is 10.2 Å². The Labute approximate surface area is 89.5 Å². The van der Waals surface area contributed by atoms with Crippen molar-refractivity contribution >= 4 is 11.9 Å². The van der Waals surface area contributed by atoms with E-state index in [1.54, 1.807) is 27.7 Å². The Hall–Kier alpha value is -1.10. The quantitative estimate of drug-likeness (QED) is 0.612. The Balaban J connectivity index is 4.97. The normalized spacial score (nSPS) is 12.1. The highest BCUT2D eigenvalue weighted by atomic mass is 16.4. The van der Waals surface area contributed by atoms with E-state index in [0.717, 1.165) is 0 Å². The zero-order valence-electron chi connectivity index (χ0n) is 9.57. The first kappa shape index (κ1) is 13.9. The number of carbonyl (C=O) groups is 2. The summed E-state index contributed by atoms with van der Waals surface area (Å²) in [7, 11) is 0. The third-order valence-electron chi connectivity index (χ3n) is 2.71. The van der Waals surface area contributed by atoms with Gasteiger partial charge in [0.1, 0.15) is 5.54 Å². The van der Waals surface area contributed by atoms with E-state index in [1.165, 1.54) is 0 Å². The second-order valence-electron chi connectivity index (χ2n) is 4.23. The van der Waals surface area contributed by atoms with Gasteiger partial charge in [-0.3, -0.25) is 14.9 Å². The maximum Gasteiger partial charge on any atom is 0.324 e. The number of aliphatic carboxylic acids is 2. The van der Waals surface area contributed by atoms with Crippen molar-refractivity contribution in [2.45, 2.75) is 33.2 Å². The molecule has 0 bridgehead atoms. The molecule has 0 fully saturated rings. The molecule has 0 radical (unpaired) electrons. The second-order valence-corrected chi connectivity index (χ2v) is 4.23. The van der Waals surface area contributed by atoms with E-state index < -0.39 is 17.5 Å². The molecule has 15 heavy (non-hydrogen) atoms. The van der Waals surface area contributed by atoms with Gasteiger partial charge in [-0.2, -0.15) is 0 Å². The smallest absolute Gasteiger partial charge is 0.324 e. The number of carboxylic acid groups (broad SMARTS) is 2. The molecule has 0 saturated carbocycles. The number of carboxylic acids is 2. The van der Waals surface area contributed by atoms with Gasteiger partial charge in [0, 0.05) is 0 Å². The van der Waals surface area contributed by atoms with Crippen LogP contribution >= 0.6 is 0 Å². The molecule has 0 spiro atoms. The van der Waals surface area contributed by atoms with Crippen LogP contribution in [0.2, 0.25) is 0 Å². The monoisotopic (exact) mass is 217 g/mol. The zero-order chi connectivity index (χ0) is 12.2. The number of nitrogens with one attached hydrogen (secondary N) is 1. The van der Waals surface area contributed by atoms with E-state index >= 15 is 0 Å². The minimum Gasteiger partial charge on any atom is -0.480 e. The fourth-order valence-electron chi connectivity index (χ4n) is 1.87. The van der Waals surface area contributed by atoms with Crippen molar-refractivity contribution in [1.29, 1.82) is 0 Å². The molecule has 0 aliphatic heterocycles. The zero-order valence-corrected chi connectivity index (χ0v) is 9.57. The lowest BCUT2D eigenvalue weighted by Gasteiger charge is -2.37. The van der Waals surface area contributed by atoms with Crippen LogP contribution in [-0.2, 0) is 9.59 Å². The number of hydrogen-bond donors (Lipinski definition) is 3. The maximum absolute atomic E-state index is 11.3. The van der Waals surface area contributed by atoms with E-state index in [0.29, 0.717) is 0 Å². The van der Waals surface area contributed by atoms with Crippen molar-refractivity contribution in [2.75, 3.05) is 6.54 Å². The molecule has 0 amide bonds. The Morgan fingerprint density at radius 3 is 1.73 bits per heavy atom. The molecule has 0 aromatic heterocycles. The molecule has 0 rings (SSSR count). The molecule has 0 saturated heterocycles. The van der Waals surface area contributed by atoms with E-state index in [1.807, 2.05) is 0 Å². The van der Waals surface area contributed by atoms with Crippen LogP contribution in [0.3, 0.4) is 0 Å². The molecule has 0 aromatic carbocycles. The molecule has 3 N–H and O–H groups in total. The molecule has 0 unspecified atom stereocenters. The van der Waals surface area contributed by atoms with Gasteiger partial charge in [0.25, 0.3) is 0 Å². The Bertz CT molecular complexity index is 240. The molecule has 0 aliphatic rings. The van der Waals surface area contributed by atoms with Crippen LogP contribution in [0.1, 0.15) is 27.7 Å². The molecule has 0 aliphatic carbocycles. The van der Waals surface area contributed by atoms with Crippen molar-refractivity contribution in [1.82, 2.24) is 5.32 Å². The summed E-state index contributed by atoms with van der Waals surface area (Å²) in [6.07, 6.45) is 0. The molecule has 0 aromatic rings. The molecular formula is C10H19NO4. The minimum atomic E-state index is -1.18. The van der Waals surface area contributed by atoms with Gasteiger partial charge in [-0.15, -0.1) is 0 Å². The maximum atomic E-state index is 11.3. The van der Waals surface area contributed by atoms with Crippen LogP contribution in [0.5, 0.6) is 0 Å². The molecule has 88 valence electrons. The SMILES string of the molecule is CC(C)C(NCC(=O)O)(C(=O)O)C(C)C. The average Bonchev–Trinajstić information content (AvgIpc) is 2.02. The summed E-state index contributed by atoms with van der Waals surface area (Å²) in [5.74, 6) is -2.43. The summed E-state index contributed by atoms with van der Waals surface area (Å²) in [6, 6.07) is 0. The first-order valence-corrected chi connectivity index (χ1v) is 4.95. The first-order chi connectivity index (χ1) is 6.75. The Morgan fingerprint density at radius 1 is 1.13 bits per heavy atom. The van der Waals surface area contributed by atoms with Crippen molar-refractivity contribution in [3.63, 3.8) is 0 Å². The highest BCUT2D eigenvalue weighted by molar-refractivity contribution is 5.80. The van der Waals surface area contributed by atoms with Gasteiger partial charge in [-0.05, 0) is 11.8 Å². The van der Waals surface area contributed by atoms with Gasteiger partial charge in [0.15, 0.2) is 0 Å². The van der Waals surface area contributed by atoms with E-state index in [9.17, 15) is 14.7 Å². The fourth-order valence-corrected chi connectivity index (χ4v) is 1.87. The summed E-state index contributed by atoms with van der Waals surface area (Å²) in [4.78, 5) is 21.7. The van der Waals surface area contributed by atoms with Crippen LogP contribution in [-0.4, -0.2) is 34.2 Å². The van der Waals surface area contributed by atoms with Crippen molar-refractivity contribution in [3.05, 3.63) is 0 Å². The molecule has 5 nitrogen and oxygen atoms in total. The van der Waals surface area contributed by atoms with E-state index in [2.05, 4.69) is 5.32 Å². The number of hydrogen-bond acceptors (Lipinski definition) is 3. The number of rotatable bonds is 6. The van der Waals surface area contributed by atoms with Crippen molar-refractivity contribution in [3.8, 4) is 0 Å². The predicted molar refractivity (Wildman–Crippen MR) is 55.7 cm³/mol. The van der Waals surface area contributed by atoms with Gasteiger partial charge in [-0.1, -0.05) is 27.7 Å². The topological polar surface area (TPSA) is 86.6 Å². The van der Waals surface area contributed by atoms with Crippen LogP contribution in [0.25, 0.3) is 0 Å². The summed E-state index contributed by atoms with van der Waals surface area (Å²) in [5.41, 5.74) is -1.18. The molecule has 0 heterocycles. The summed E-state index contributed by atoms with van der Waals surface area (Å²) in [6.45, 7) is 6.72. The second kappa shape index (κ2) is 5.11. The summed E-state index contributed by atoms with van der Waals surface area (Å²) in [5, 5.41) is 20.4. The molecule has 0 atom stereocenters. The first-order valence-electron chi connectivity index (χ1n) is 4.95. The lowest BCUT2D eigenvalue weighted by Crippen LogP contribution is -2.60. The lowest BCUT2D eigenvalue weighted by atomic mass is 9.77. The van der Waals surface area contributed by atoms with Gasteiger partial charge in [0.2, 0.25) is 0 Å². The molecule has 5 heteroatoms. The van der Waals surface area contributed by atoms with Gasteiger partial charge in [-0.25, -0.2) is 0 Å². The van der Waals surface area contributed by atoms with Crippen molar-refractivity contribution in [2.24, 2.45) is 11.8 Å². The lowest BCUT2D eigenvalue weighted by molar-refractivity contribution is -0.150. The third-order valence-corrected chi connectivity index (χ3v) is 2.71. The standard InChI is InChI=1S/C10H19NO4/c1-6(2)10(7(3)4,9(14)15)11-5-8(12)13/h6-7,11H,5H2,1-4H3,(H,12,13)(H,14,15). The highest BCUT2D eigenvalue weighted by Gasteiger charge is 2.44. The minimum absolute atomic E-state index is 0.186. The molecular weight excluding hydrogens is 198 g/mol. The van der Waals surface area contributed by atoms with Crippen LogP contribution in [0.15, 0.2) is 0 Å². The summed E-state index contributed by atoms with van der Waals surface area (Å²) < 4.78 is 0. The third kappa shape index (κ3) is 2.92. The van der Waals surface area contributed by atoms with Crippen LogP contribution in [0.4, 0.5) is 0 Å². The highest BCUT2D eigenvalue weighted by Crippen LogP contribution is 2.26. The van der Waals surface area contributed by atoms with E-state index in [4.69, 9.17) is 5.11 Å². The van der Waals surface area contributed by atoms with Crippen LogP contribution < -0.4 is 5.32 Å². The fraction of sp³-hybridized carbons (Fsp3) is 0.800. The summed E-state index contributed by atoms with van der Waals surface area (Å²) >= 11 is 0. The Morgan fingerprint density at radius 2 is 1.53 bits per heavy atom. The largest absolute Gasteiger partial charge is 0.480 e. The van der Waals surface area contributed by atoms with Crippen molar-refractivity contribution < 1.29 is 19.8 Å². The average molecular weight is 217 g/mol.